The van der Waals surface area contributed by atoms with E-state index in [1.54, 1.807) is 0 Å². The van der Waals surface area contributed by atoms with E-state index in [-0.39, 0.29) is 25.2 Å². The molecule has 0 amide bonds. The van der Waals surface area contributed by atoms with Crippen LogP contribution in [0.3, 0.4) is 0 Å². The Bertz CT molecular complexity index is 935. The van der Waals surface area contributed by atoms with E-state index in [9.17, 15) is 9.59 Å². The largest absolute Gasteiger partial charge is 0.462 e. The van der Waals surface area contributed by atoms with Crippen molar-refractivity contribution >= 4 is 11.9 Å². The third-order valence-corrected chi connectivity index (χ3v) is 10.3. The third kappa shape index (κ3) is 44.6. The second kappa shape index (κ2) is 47.2. The maximum Gasteiger partial charge on any atom is 0.306 e. The molecule has 0 spiro atoms. The molecule has 0 rings (SSSR count). The standard InChI is InChI=1S/C51H92O5/c1-4-7-10-13-16-18-20-22-24-26-27-29-31-33-36-38-41-44-50(52)55-48-49(56-51(53)45-42-39-35-15-12-9-6-3)47-54-46-43-40-37-34-32-30-28-25-23-21-19-17-14-11-8-5-2/h16-19,22-25,49H,4-15,20-21,26-48H2,1-3H3/b18-16-,19-17-,24-22-,25-23-. The summed E-state index contributed by atoms with van der Waals surface area (Å²) in [6.45, 7) is 7.73. The number of ether oxygens (including phenoxy) is 3. The fraction of sp³-hybridized carbons (Fsp3) is 0.804. The van der Waals surface area contributed by atoms with Crippen LogP contribution in [0.5, 0.6) is 0 Å². The lowest BCUT2D eigenvalue weighted by Crippen LogP contribution is -2.30. The van der Waals surface area contributed by atoms with Gasteiger partial charge in [-0.2, -0.15) is 0 Å². The van der Waals surface area contributed by atoms with Crippen molar-refractivity contribution in [1.29, 1.82) is 0 Å². The van der Waals surface area contributed by atoms with Gasteiger partial charge in [0, 0.05) is 19.4 Å². The van der Waals surface area contributed by atoms with Crippen LogP contribution >= 0.6 is 0 Å². The van der Waals surface area contributed by atoms with E-state index in [4.69, 9.17) is 14.2 Å². The molecular formula is C51H92O5. The van der Waals surface area contributed by atoms with Crippen LogP contribution in [-0.4, -0.2) is 37.9 Å². The Morgan fingerprint density at radius 2 is 0.750 bits per heavy atom. The zero-order valence-electron chi connectivity index (χ0n) is 37.4. The van der Waals surface area contributed by atoms with Crippen LogP contribution in [0.25, 0.3) is 0 Å². The summed E-state index contributed by atoms with van der Waals surface area (Å²) in [5.74, 6) is -0.413. The molecule has 0 N–H and O–H groups in total. The van der Waals surface area contributed by atoms with E-state index >= 15 is 0 Å². The number of hydrogen-bond acceptors (Lipinski definition) is 5. The Labute approximate surface area is 348 Å². The second-order valence-corrected chi connectivity index (χ2v) is 16.0. The molecule has 0 radical (unpaired) electrons. The lowest BCUT2D eigenvalue weighted by atomic mass is 10.1. The first-order valence-electron chi connectivity index (χ1n) is 24.2. The SMILES string of the molecule is CCCCC/C=C\C/C=C\CCCCCCCCCC(=O)OCC(COCCCCCCCC/C=C\C/C=C\CCCCC)OC(=O)CCCCCCCCC. The summed E-state index contributed by atoms with van der Waals surface area (Å²) < 4.78 is 17.3. The van der Waals surface area contributed by atoms with E-state index in [1.165, 1.54) is 148 Å². The summed E-state index contributed by atoms with van der Waals surface area (Å²) in [7, 11) is 0. The molecule has 0 aliphatic carbocycles. The van der Waals surface area contributed by atoms with Gasteiger partial charge in [-0.25, -0.2) is 0 Å². The summed E-state index contributed by atoms with van der Waals surface area (Å²) in [5, 5.41) is 0. The Morgan fingerprint density at radius 1 is 0.393 bits per heavy atom. The molecule has 0 heterocycles. The minimum Gasteiger partial charge on any atom is -0.462 e. The van der Waals surface area contributed by atoms with Crippen molar-refractivity contribution in [3.63, 3.8) is 0 Å². The topological polar surface area (TPSA) is 61.8 Å². The normalized spacial score (nSPS) is 12.6. The minimum atomic E-state index is -0.539. The highest BCUT2D eigenvalue weighted by Gasteiger charge is 2.17. The van der Waals surface area contributed by atoms with Gasteiger partial charge in [0.25, 0.3) is 0 Å². The molecule has 5 heteroatoms. The van der Waals surface area contributed by atoms with Gasteiger partial charge in [0.15, 0.2) is 6.10 Å². The minimum absolute atomic E-state index is 0.0783. The van der Waals surface area contributed by atoms with Crippen LogP contribution in [0.1, 0.15) is 239 Å². The highest BCUT2D eigenvalue weighted by molar-refractivity contribution is 5.70. The molecular weight excluding hydrogens is 693 g/mol. The van der Waals surface area contributed by atoms with Crippen LogP contribution in [0, 0.1) is 0 Å². The first-order valence-corrected chi connectivity index (χ1v) is 24.2. The van der Waals surface area contributed by atoms with E-state index in [0.717, 1.165) is 57.8 Å². The average molecular weight is 785 g/mol. The van der Waals surface area contributed by atoms with E-state index in [2.05, 4.69) is 69.4 Å². The molecule has 1 atom stereocenters. The number of carbonyl (C=O) groups is 2. The van der Waals surface area contributed by atoms with Gasteiger partial charge in [0.05, 0.1) is 6.61 Å². The monoisotopic (exact) mass is 785 g/mol. The number of unbranched alkanes of at least 4 members (excludes halogenated alkanes) is 25. The smallest absolute Gasteiger partial charge is 0.306 e. The van der Waals surface area contributed by atoms with Crippen LogP contribution in [-0.2, 0) is 23.8 Å². The highest BCUT2D eigenvalue weighted by atomic mass is 16.6. The molecule has 0 aliphatic rings. The Morgan fingerprint density at radius 3 is 1.21 bits per heavy atom. The van der Waals surface area contributed by atoms with Crippen LogP contribution in [0.2, 0.25) is 0 Å². The molecule has 0 aliphatic heterocycles. The molecule has 0 aromatic carbocycles. The summed E-state index contributed by atoms with van der Waals surface area (Å²) in [6.07, 6.45) is 56.9. The predicted molar refractivity (Wildman–Crippen MR) is 242 cm³/mol. The van der Waals surface area contributed by atoms with Crippen LogP contribution < -0.4 is 0 Å². The second-order valence-electron chi connectivity index (χ2n) is 16.0. The molecule has 0 aromatic heterocycles. The van der Waals surface area contributed by atoms with Crippen LogP contribution in [0.4, 0.5) is 0 Å². The van der Waals surface area contributed by atoms with Gasteiger partial charge in [0.2, 0.25) is 0 Å². The lowest BCUT2D eigenvalue weighted by molar-refractivity contribution is -0.163. The van der Waals surface area contributed by atoms with Gasteiger partial charge in [-0.3, -0.25) is 9.59 Å². The number of esters is 2. The van der Waals surface area contributed by atoms with Crippen LogP contribution in [0.15, 0.2) is 48.6 Å². The molecule has 0 bridgehead atoms. The molecule has 56 heavy (non-hydrogen) atoms. The van der Waals surface area contributed by atoms with Gasteiger partial charge < -0.3 is 14.2 Å². The third-order valence-electron chi connectivity index (χ3n) is 10.3. The fourth-order valence-corrected chi connectivity index (χ4v) is 6.69. The van der Waals surface area contributed by atoms with Gasteiger partial charge in [-0.15, -0.1) is 0 Å². The van der Waals surface area contributed by atoms with E-state index in [0.29, 0.717) is 19.4 Å². The average Bonchev–Trinajstić information content (AvgIpc) is 3.20. The zero-order valence-corrected chi connectivity index (χ0v) is 37.4. The van der Waals surface area contributed by atoms with Crippen molar-refractivity contribution in [3.8, 4) is 0 Å². The Kier molecular flexibility index (Phi) is 45.4. The molecule has 0 fully saturated rings. The van der Waals surface area contributed by atoms with Crippen molar-refractivity contribution in [2.75, 3.05) is 19.8 Å². The summed E-state index contributed by atoms with van der Waals surface area (Å²) >= 11 is 0. The summed E-state index contributed by atoms with van der Waals surface area (Å²) in [5.41, 5.74) is 0. The number of rotatable bonds is 44. The van der Waals surface area contributed by atoms with E-state index in [1.807, 2.05) is 0 Å². The maximum atomic E-state index is 12.6. The summed E-state index contributed by atoms with van der Waals surface area (Å²) in [6, 6.07) is 0. The summed E-state index contributed by atoms with van der Waals surface area (Å²) in [4.78, 5) is 25.2. The molecule has 0 saturated carbocycles. The van der Waals surface area contributed by atoms with Gasteiger partial charge in [-0.05, 0) is 83.5 Å². The molecule has 5 nitrogen and oxygen atoms in total. The molecule has 1 unspecified atom stereocenters. The highest BCUT2D eigenvalue weighted by Crippen LogP contribution is 2.13. The molecule has 326 valence electrons. The fourth-order valence-electron chi connectivity index (χ4n) is 6.69. The number of allylic oxidation sites excluding steroid dienone is 8. The van der Waals surface area contributed by atoms with Gasteiger partial charge >= 0.3 is 11.9 Å². The van der Waals surface area contributed by atoms with Crippen molar-refractivity contribution < 1.29 is 23.8 Å². The van der Waals surface area contributed by atoms with Crippen molar-refractivity contribution in [3.05, 3.63) is 48.6 Å². The maximum absolute atomic E-state index is 12.6. The molecule has 0 aromatic rings. The zero-order chi connectivity index (χ0) is 40.7. The van der Waals surface area contributed by atoms with Crippen molar-refractivity contribution in [2.24, 2.45) is 0 Å². The number of hydrogen-bond donors (Lipinski definition) is 0. The Balaban J connectivity index is 4.15. The quantitative estimate of drug-likeness (QED) is 0.0350. The van der Waals surface area contributed by atoms with E-state index < -0.39 is 6.10 Å². The molecule has 0 saturated heterocycles. The van der Waals surface area contributed by atoms with Gasteiger partial charge in [0.1, 0.15) is 6.61 Å². The predicted octanol–water partition coefficient (Wildman–Crippen LogP) is 16.0. The first kappa shape index (κ1) is 53.9. The lowest BCUT2D eigenvalue weighted by Gasteiger charge is -2.18. The van der Waals surface area contributed by atoms with Crippen molar-refractivity contribution in [2.45, 2.75) is 245 Å². The van der Waals surface area contributed by atoms with Crippen molar-refractivity contribution in [1.82, 2.24) is 0 Å². The number of carbonyl (C=O) groups excluding carboxylic acids is 2. The Hall–Kier alpha value is -2.14. The first-order chi connectivity index (χ1) is 27.6. The van der Waals surface area contributed by atoms with Gasteiger partial charge in [-0.1, -0.05) is 191 Å².